The van der Waals surface area contributed by atoms with Crippen molar-refractivity contribution in [2.75, 3.05) is 0 Å². The van der Waals surface area contributed by atoms with Crippen molar-refractivity contribution in [3.63, 3.8) is 0 Å². The Morgan fingerprint density at radius 1 is 1.33 bits per heavy atom. The maximum absolute atomic E-state index is 11.4. The van der Waals surface area contributed by atoms with Crippen LogP contribution in [0, 0.1) is 0 Å². The summed E-state index contributed by atoms with van der Waals surface area (Å²) in [4.78, 5) is 37.5. The minimum absolute atomic E-state index is 0.148. The number of H-pyrrole nitrogens is 2. The number of aromatic nitrogens is 2. The third-order valence-corrected chi connectivity index (χ3v) is 2.39. The first-order valence-electron chi connectivity index (χ1n) is 4.65. The van der Waals surface area contributed by atoms with Gasteiger partial charge in [0, 0.05) is 11.3 Å². The molecule has 0 radical (unpaired) electrons. The Hall–Kier alpha value is -1.85. The van der Waals surface area contributed by atoms with Crippen molar-refractivity contribution in [2.24, 2.45) is 0 Å². The van der Waals surface area contributed by atoms with Gasteiger partial charge in [-0.05, 0) is 18.8 Å². The van der Waals surface area contributed by atoms with E-state index >= 15 is 0 Å². The fourth-order valence-electron chi connectivity index (χ4n) is 1.58. The van der Waals surface area contributed by atoms with Gasteiger partial charge in [-0.25, -0.2) is 4.79 Å². The van der Waals surface area contributed by atoms with E-state index in [-0.39, 0.29) is 17.9 Å². The molecule has 2 rings (SSSR count). The molecule has 1 saturated carbocycles. The summed E-state index contributed by atoms with van der Waals surface area (Å²) in [5.74, 6) is -0.927. The number of aliphatic carboxylic acids is 1. The van der Waals surface area contributed by atoms with Crippen LogP contribution in [0.25, 0.3) is 0 Å². The molecule has 3 N–H and O–H groups in total. The second-order valence-corrected chi connectivity index (χ2v) is 3.65. The van der Waals surface area contributed by atoms with Crippen molar-refractivity contribution in [3.05, 3.63) is 32.1 Å². The molecule has 1 fully saturated rings. The first-order valence-corrected chi connectivity index (χ1v) is 4.65. The topological polar surface area (TPSA) is 103 Å². The highest BCUT2D eigenvalue weighted by atomic mass is 16.4. The molecule has 6 nitrogen and oxygen atoms in total. The third-order valence-electron chi connectivity index (χ3n) is 2.39. The molecule has 1 aromatic heterocycles. The first kappa shape index (κ1) is 9.70. The largest absolute Gasteiger partial charge is 0.481 e. The lowest BCUT2D eigenvalue weighted by atomic mass is 10.1. The van der Waals surface area contributed by atoms with Gasteiger partial charge in [-0.15, -0.1) is 0 Å². The quantitative estimate of drug-likeness (QED) is 0.629. The fraction of sp³-hybridized carbons (Fsp3) is 0.444. The van der Waals surface area contributed by atoms with E-state index in [2.05, 4.69) is 4.98 Å². The van der Waals surface area contributed by atoms with Crippen LogP contribution in [0.5, 0.6) is 0 Å². The molecule has 0 saturated heterocycles. The Morgan fingerprint density at radius 2 is 2.00 bits per heavy atom. The van der Waals surface area contributed by atoms with Crippen molar-refractivity contribution in [2.45, 2.75) is 25.2 Å². The number of carbonyl (C=O) groups is 1. The number of hydrogen-bond acceptors (Lipinski definition) is 3. The molecule has 0 amide bonds. The summed E-state index contributed by atoms with van der Waals surface area (Å²) in [6, 6.07) is 0. The summed E-state index contributed by atoms with van der Waals surface area (Å²) in [5, 5.41) is 8.64. The SMILES string of the molecule is O=C(O)Cc1c(C2CC2)[nH]c(=O)[nH]c1=O. The number of aromatic amines is 2. The van der Waals surface area contributed by atoms with Crippen LogP contribution in [0.15, 0.2) is 9.59 Å². The summed E-state index contributed by atoms with van der Waals surface area (Å²) in [6.45, 7) is 0. The van der Waals surface area contributed by atoms with Crippen LogP contribution in [-0.4, -0.2) is 21.0 Å². The Bertz CT molecular complexity index is 510. The number of rotatable bonds is 3. The maximum atomic E-state index is 11.4. The second-order valence-electron chi connectivity index (χ2n) is 3.65. The van der Waals surface area contributed by atoms with E-state index in [1.165, 1.54) is 0 Å². The molecule has 0 aliphatic heterocycles. The van der Waals surface area contributed by atoms with Crippen LogP contribution >= 0.6 is 0 Å². The van der Waals surface area contributed by atoms with Gasteiger partial charge in [0.25, 0.3) is 5.56 Å². The van der Waals surface area contributed by atoms with Gasteiger partial charge < -0.3 is 10.1 Å². The number of hydrogen-bond donors (Lipinski definition) is 3. The molecule has 1 aromatic rings. The minimum Gasteiger partial charge on any atom is -0.481 e. The number of carboxylic acids is 1. The monoisotopic (exact) mass is 210 g/mol. The predicted octanol–water partition coefficient (Wildman–Crippen LogP) is -0.432. The number of nitrogens with one attached hydrogen (secondary N) is 2. The molecule has 80 valence electrons. The molecule has 0 atom stereocenters. The molecule has 0 bridgehead atoms. The molecule has 15 heavy (non-hydrogen) atoms. The molecule has 0 spiro atoms. The molecule has 1 heterocycles. The van der Waals surface area contributed by atoms with Crippen molar-refractivity contribution in [1.82, 2.24) is 9.97 Å². The van der Waals surface area contributed by atoms with Crippen LogP contribution in [0.2, 0.25) is 0 Å². The van der Waals surface area contributed by atoms with E-state index in [4.69, 9.17) is 5.11 Å². The van der Waals surface area contributed by atoms with Crippen molar-refractivity contribution in [3.8, 4) is 0 Å². The van der Waals surface area contributed by atoms with Crippen LogP contribution < -0.4 is 11.2 Å². The van der Waals surface area contributed by atoms with Gasteiger partial charge in [-0.2, -0.15) is 0 Å². The van der Waals surface area contributed by atoms with Crippen molar-refractivity contribution < 1.29 is 9.90 Å². The third kappa shape index (κ3) is 1.98. The van der Waals surface area contributed by atoms with Crippen LogP contribution in [-0.2, 0) is 11.2 Å². The van der Waals surface area contributed by atoms with Gasteiger partial charge in [0.1, 0.15) is 0 Å². The van der Waals surface area contributed by atoms with Gasteiger partial charge in [0.2, 0.25) is 0 Å². The van der Waals surface area contributed by atoms with Crippen molar-refractivity contribution in [1.29, 1.82) is 0 Å². The highest BCUT2D eigenvalue weighted by Crippen LogP contribution is 2.39. The van der Waals surface area contributed by atoms with Gasteiger partial charge >= 0.3 is 11.7 Å². The smallest absolute Gasteiger partial charge is 0.325 e. The van der Waals surface area contributed by atoms with Gasteiger partial charge in [0.05, 0.1) is 6.42 Å². The van der Waals surface area contributed by atoms with Crippen LogP contribution in [0.1, 0.15) is 30.0 Å². The summed E-state index contributed by atoms with van der Waals surface area (Å²) in [6.07, 6.45) is 1.44. The van der Waals surface area contributed by atoms with Gasteiger partial charge in [-0.3, -0.25) is 14.6 Å². The Balaban J connectivity index is 2.53. The van der Waals surface area contributed by atoms with Crippen molar-refractivity contribution >= 4 is 5.97 Å². The minimum atomic E-state index is -1.07. The number of carboxylic acid groups (broad SMARTS) is 1. The summed E-state index contributed by atoms with van der Waals surface area (Å²) >= 11 is 0. The van der Waals surface area contributed by atoms with Gasteiger partial charge in [0.15, 0.2) is 0 Å². The average molecular weight is 210 g/mol. The highest BCUT2D eigenvalue weighted by molar-refractivity contribution is 5.70. The van der Waals surface area contributed by atoms with E-state index in [0.717, 1.165) is 12.8 Å². The van der Waals surface area contributed by atoms with Gasteiger partial charge in [-0.1, -0.05) is 0 Å². The molecule has 0 unspecified atom stereocenters. The summed E-state index contributed by atoms with van der Waals surface area (Å²) < 4.78 is 0. The van der Waals surface area contributed by atoms with Crippen LogP contribution in [0.4, 0.5) is 0 Å². The lowest BCUT2D eigenvalue weighted by molar-refractivity contribution is -0.136. The zero-order valence-electron chi connectivity index (χ0n) is 7.87. The van der Waals surface area contributed by atoms with E-state index in [0.29, 0.717) is 5.69 Å². The maximum Gasteiger partial charge on any atom is 0.325 e. The lowest BCUT2D eigenvalue weighted by Gasteiger charge is -2.03. The zero-order valence-corrected chi connectivity index (χ0v) is 7.87. The Morgan fingerprint density at radius 3 is 2.53 bits per heavy atom. The molecular formula is C9H10N2O4. The van der Waals surface area contributed by atoms with E-state index in [1.54, 1.807) is 0 Å². The fourth-order valence-corrected chi connectivity index (χ4v) is 1.58. The standard InChI is InChI=1S/C9H10N2O4/c12-6(13)3-5-7(4-1-2-4)10-9(15)11-8(5)14/h4H,1-3H2,(H,12,13)(H2,10,11,14,15). The first-order chi connectivity index (χ1) is 7.08. The summed E-state index contributed by atoms with van der Waals surface area (Å²) in [7, 11) is 0. The Kier molecular flexibility index (Phi) is 2.18. The van der Waals surface area contributed by atoms with E-state index < -0.39 is 17.2 Å². The normalized spacial score (nSPS) is 15.2. The lowest BCUT2D eigenvalue weighted by Crippen LogP contribution is -2.29. The van der Waals surface area contributed by atoms with E-state index in [9.17, 15) is 14.4 Å². The van der Waals surface area contributed by atoms with Crippen LogP contribution in [0.3, 0.4) is 0 Å². The Labute approximate surface area is 84.0 Å². The molecule has 0 aromatic carbocycles. The highest BCUT2D eigenvalue weighted by Gasteiger charge is 2.29. The molecule has 1 aliphatic rings. The average Bonchev–Trinajstić information content (AvgIpc) is 2.91. The molecule has 1 aliphatic carbocycles. The predicted molar refractivity (Wildman–Crippen MR) is 51.0 cm³/mol. The summed E-state index contributed by atoms with van der Waals surface area (Å²) in [5.41, 5.74) is -0.505. The second kappa shape index (κ2) is 3.38. The van der Waals surface area contributed by atoms with E-state index in [1.807, 2.05) is 4.98 Å². The molecular weight excluding hydrogens is 200 g/mol. The molecule has 6 heteroatoms. The zero-order chi connectivity index (χ0) is 11.0.